The number of rotatable bonds is 6. The fourth-order valence-electron chi connectivity index (χ4n) is 3.79. The highest BCUT2D eigenvalue weighted by Crippen LogP contribution is 2.33. The van der Waals surface area contributed by atoms with E-state index in [9.17, 15) is 9.50 Å². The Morgan fingerprint density at radius 3 is 2.73 bits per heavy atom. The van der Waals surface area contributed by atoms with Crippen LogP contribution >= 0.6 is 11.6 Å². The van der Waals surface area contributed by atoms with E-state index in [1.807, 2.05) is 24.3 Å². The number of aliphatic hydroxyl groups excluding tert-OH is 1. The number of hydrogen-bond donors (Lipinski definition) is 1. The first-order chi connectivity index (χ1) is 12.6. The fourth-order valence-corrected chi connectivity index (χ4v) is 4.00. The third-order valence-corrected chi connectivity index (χ3v) is 5.32. The number of likely N-dealkylation sites (tertiary alicyclic amines) is 1. The molecule has 1 atom stereocenters. The minimum atomic E-state index is -0.216. The van der Waals surface area contributed by atoms with Gasteiger partial charge in [0.2, 0.25) is 0 Å². The smallest absolute Gasteiger partial charge is 0.123 e. The van der Waals surface area contributed by atoms with E-state index in [2.05, 4.69) is 17.0 Å². The SMILES string of the molecule is OCC1(Cc2cccc(Cl)c2)CCCN(CC=Cc2ccc(F)cc2)C1. The Balaban J connectivity index is 1.62. The van der Waals surface area contributed by atoms with Gasteiger partial charge in [0.05, 0.1) is 6.61 Å². The molecule has 1 heterocycles. The van der Waals surface area contributed by atoms with E-state index in [4.69, 9.17) is 11.6 Å². The molecule has 26 heavy (non-hydrogen) atoms. The molecule has 1 saturated heterocycles. The highest BCUT2D eigenvalue weighted by molar-refractivity contribution is 6.30. The Bertz CT molecular complexity index is 746. The number of nitrogens with zero attached hydrogens (tertiary/aromatic N) is 1. The first-order valence-electron chi connectivity index (χ1n) is 9.08. The van der Waals surface area contributed by atoms with E-state index in [1.165, 1.54) is 17.7 Å². The van der Waals surface area contributed by atoms with E-state index >= 15 is 0 Å². The quantitative estimate of drug-likeness (QED) is 0.785. The minimum Gasteiger partial charge on any atom is -0.396 e. The van der Waals surface area contributed by atoms with E-state index in [0.29, 0.717) is 0 Å². The number of benzene rings is 2. The Hall–Kier alpha value is -1.68. The van der Waals surface area contributed by atoms with Crippen LogP contribution in [-0.4, -0.2) is 36.2 Å². The lowest BCUT2D eigenvalue weighted by atomic mass is 9.76. The van der Waals surface area contributed by atoms with Gasteiger partial charge < -0.3 is 5.11 Å². The molecule has 1 N–H and O–H groups in total. The lowest BCUT2D eigenvalue weighted by Gasteiger charge is -2.41. The molecular weight excluding hydrogens is 349 g/mol. The van der Waals surface area contributed by atoms with Gasteiger partial charge in [-0.15, -0.1) is 0 Å². The second-order valence-corrected chi connectivity index (χ2v) is 7.69. The zero-order chi connectivity index (χ0) is 18.4. The van der Waals surface area contributed by atoms with E-state index < -0.39 is 0 Å². The van der Waals surface area contributed by atoms with Crippen LogP contribution in [0, 0.1) is 11.2 Å². The highest BCUT2D eigenvalue weighted by atomic mass is 35.5. The zero-order valence-corrected chi connectivity index (χ0v) is 15.6. The van der Waals surface area contributed by atoms with Crippen molar-refractivity contribution in [3.05, 3.63) is 76.6 Å². The van der Waals surface area contributed by atoms with Crippen LogP contribution in [0.5, 0.6) is 0 Å². The summed E-state index contributed by atoms with van der Waals surface area (Å²) in [6.07, 6.45) is 7.06. The summed E-state index contributed by atoms with van der Waals surface area (Å²) in [6.45, 7) is 2.90. The van der Waals surface area contributed by atoms with Crippen molar-refractivity contribution in [1.82, 2.24) is 4.90 Å². The first kappa shape index (κ1) is 19.1. The van der Waals surface area contributed by atoms with Gasteiger partial charge in [0, 0.05) is 23.5 Å². The molecule has 0 spiro atoms. The lowest BCUT2D eigenvalue weighted by molar-refractivity contribution is 0.0376. The van der Waals surface area contributed by atoms with Crippen molar-refractivity contribution in [3.63, 3.8) is 0 Å². The monoisotopic (exact) mass is 373 g/mol. The molecular formula is C22H25ClFNO. The number of piperidine rings is 1. The molecule has 0 bridgehead atoms. The van der Waals surface area contributed by atoms with Crippen LogP contribution in [0.15, 0.2) is 54.6 Å². The Morgan fingerprint density at radius 2 is 2.00 bits per heavy atom. The van der Waals surface area contributed by atoms with Crippen LogP contribution in [0.3, 0.4) is 0 Å². The third-order valence-electron chi connectivity index (χ3n) is 5.09. The second kappa shape index (κ2) is 8.81. The van der Waals surface area contributed by atoms with Gasteiger partial charge in [-0.05, 0) is 61.2 Å². The predicted octanol–water partition coefficient (Wildman–Crippen LogP) is 4.81. The van der Waals surface area contributed by atoms with Gasteiger partial charge in [0.25, 0.3) is 0 Å². The molecule has 2 nitrogen and oxygen atoms in total. The van der Waals surface area contributed by atoms with Crippen LogP contribution < -0.4 is 0 Å². The summed E-state index contributed by atoms with van der Waals surface area (Å²) in [7, 11) is 0. The molecule has 0 amide bonds. The first-order valence-corrected chi connectivity index (χ1v) is 9.46. The maximum atomic E-state index is 13.0. The summed E-state index contributed by atoms with van der Waals surface area (Å²) in [5, 5.41) is 10.8. The summed E-state index contributed by atoms with van der Waals surface area (Å²) < 4.78 is 13.0. The van der Waals surface area contributed by atoms with Gasteiger partial charge in [-0.25, -0.2) is 4.39 Å². The van der Waals surface area contributed by atoms with E-state index in [1.54, 1.807) is 12.1 Å². The standard InChI is InChI=1S/C22H25ClFNO/c23-20-6-1-4-19(14-20)15-22(17-26)11-3-13-25(16-22)12-2-5-18-7-9-21(24)10-8-18/h1-2,4-10,14,26H,3,11-13,15-17H2. The van der Waals surface area contributed by atoms with Crippen LogP contribution in [0.2, 0.25) is 5.02 Å². The fraction of sp³-hybridized carbons (Fsp3) is 0.364. The molecule has 4 heteroatoms. The van der Waals surface area contributed by atoms with Crippen LogP contribution in [0.1, 0.15) is 24.0 Å². The molecule has 2 aromatic carbocycles. The van der Waals surface area contributed by atoms with Crippen LogP contribution in [0.4, 0.5) is 4.39 Å². The Morgan fingerprint density at radius 1 is 1.19 bits per heavy atom. The molecule has 2 aromatic rings. The predicted molar refractivity (Wildman–Crippen MR) is 106 cm³/mol. The normalized spacial score (nSPS) is 21.3. The summed E-state index contributed by atoms with van der Waals surface area (Å²) in [4.78, 5) is 2.38. The molecule has 3 rings (SSSR count). The number of hydrogen-bond acceptors (Lipinski definition) is 2. The number of aliphatic hydroxyl groups is 1. The molecule has 1 unspecified atom stereocenters. The van der Waals surface area contributed by atoms with Gasteiger partial charge in [-0.1, -0.05) is 48.0 Å². The van der Waals surface area contributed by atoms with Gasteiger partial charge in [-0.3, -0.25) is 4.90 Å². The lowest BCUT2D eigenvalue weighted by Crippen LogP contribution is -2.46. The zero-order valence-electron chi connectivity index (χ0n) is 14.9. The van der Waals surface area contributed by atoms with Gasteiger partial charge >= 0.3 is 0 Å². The molecule has 0 saturated carbocycles. The molecule has 1 fully saturated rings. The van der Waals surface area contributed by atoms with Crippen LogP contribution in [0.25, 0.3) is 6.08 Å². The van der Waals surface area contributed by atoms with Crippen LogP contribution in [-0.2, 0) is 6.42 Å². The summed E-state index contributed by atoms with van der Waals surface area (Å²) >= 11 is 6.11. The average Bonchev–Trinajstić information content (AvgIpc) is 2.64. The van der Waals surface area contributed by atoms with Crippen molar-refractivity contribution >= 4 is 17.7 Å². The maximum Gasteiger partial charge on any atom is 0.123 e. The highest BCUT2D eigenvalue weighted by Gasteiger charge is 2.34. The minimum absolute atomic E-state index is 0.118. The molecule has 0 aliphatic carbocycles. The summed E-state index contributed by atoms with van der Waals surface area (Å²) in [5.41, 5.74) is 2.05. The van der Waals surface area contributed by atoms with E-state index in [-0.39, 0.29) is 17.8 Å². The van der Waals surface area contributed by atoms with Crippen molar-refractivity contribution < 1.29 is 9.50 Å². The van der Waals surface area contributed by atoms with Crippen molar-refractivity contribution in [2.24, 2.45) is 5.41 Å². The van der Waals surface area contributed by atoms with E-state index in [0.717, 1.165) is 49.5 Å². The second-order valence-electron chi connectivity index (χ2n) is 7.26. The summed E-state index contributed by atoms with van der Waals surface area (Å²) in [5.74, 6) is -0.216. The molecule has 0 radical (unpaired) electrons. The molecule has 0 aromatic heterocycles. The topological polar surface area (TPSA) is 23.5 Å². The molecule has 1 aliphatic rings. The summed E-state index contributed by atoms with van der Waals surface area (Å²) in [6, 6.07) is 14.4. The van der Waals surface area contributed by atoms with Gasteiger partial charge in [0.1, 0.15) is 5.82 Å². The Labute approximate surface area is 159 Å². The van der Waals surface area contributed by atoms with Gasteiger partial charge in [-0.2, -0.15) is 0 Å². The maximum absolute atomic E-state index is 13.0. The molecule has 1 aliphatic heterocycles. The largest absolute Gasteiger partial charge is 0.396 e. The molecule has 138 valence electrons. The van der Waals surface area contributed by atoms with Crippen molar-refractivity contribution in [2.45, 2.75) is 19.3 Å². The third kappa shape index (κ3) is 5.16. The van der Waals surface area contributed by atoms with Gasteiger partial charge in [0.15, 0.2) is 0 Å². The Kier molecular flexibility index (Phi) is 6.47. The van der Waals surface area contributed by atoms with Crippen molar-refractivity contribution in [3.8, 4) is 0 Å². The van der Waals surface area contributed by atoms with Crippen molar-refractivity contribution in [1.29, 1.82) is 0 Å². The van der Waals surface area contributed by atoms with Crippen molar-refractivity contribution in [2.75, 3.05) is 26.2 Å². The number of halogens is 2. The average molecular weight is 374 g/mol.